The Morgan fingerprint density at radius 1 is 1.53 bits per heavy atom. The number of carboxylic acids is 1. The first-order valence-corrected chi connectivity index (χ1v) is 4.93. The largest absolute Gasteiger partial charge is 0.481 e. The molecule has 1 atom stereocenters. The summed E-state index contributed by atoms with van der Waals surface area (Å²) in [7, 11) is 0. The predicted molar refractivity (Wildman–Crippen MR) is 54.7 cm³/mol. The van der Waals surface area contributed by atoms with E-state index in [1.54, 1.807) is 12.4 Å². The quantitative estimate of drug-likeness (QED) is 0.773. The van der Waals surface area contributed by atoms with Crippen molar-refractivity contribution in [1.82, 2.24) is 9.97 Å². The lowest BCUT2D eigenvalue weighted by atomic mass is 10.1. The van der Waals surface area contributed by atoms with Crippen LogP contribution in [0, 0.1) is 12.8 Å². The molecule has 5 heteroatoms. The van der Waals surface area contributed by atoms with Crippen LogP contribution in [-0.2, 0) is 4.79 Å². The van der Waals surface area contributed by atoms with Gasteiger partial charge >= 0.3 is 5.97 Å². The molecule has 1 aliphatic rings. The number of aliphatic carboxylic acids is 1. The Hall–Kier alpha value is -1.65. The molecule has 0 radical (unpaired) electrons. The zero-order chi connectivity index (χ0) is 10.8. The molecule has 1 saturated heterocycles. The molecule has 5 nitrogen and oxygen atoms in total. The molecule has 1 fully saturated rings. The molecule has 2 rings (SSSR count). The Morgan fingerprint density at radius 2 is 2.20 bits per heavy atom. The second-order valence-corrected chi connectivity index (χ2v) is 3.76. The minimum Gasteiger partial charge on any atom is -0.481 e. The highest BCUT2D eigenvalue weighted by Crippen LogP contribution is 2.22. The molecule has 0 aliphatic carbocycles. The van der Waals surface area contributed by atoms with Crippen LogP contribution in [0.25, 0.3) is 0 Å². The molecule has 1 aromatic rings. The van der Waals surface area contributed by atoms with Gasteiger partial charge in [0.15, 0.2) is 0 Å². The van der Waals surface area contributed by atoms with E-state index in [2.05, 4.69) is 9.97 Å². The van der Waals surface area contributed by atoms with E-state index in [0.717, 1.165) is 18.1 Å². The smallest absolute Gasteiger partial charge is 0.308 e. The van der Waals surface area contributed by atoms with Crippen LogP contribution in [0.4, 0.5) is 5.69 Å². The number of hydrogen-bond acceptors (Lipinski definition) is 4. The molecule has 1 N–H and O–H groups in total. The summed E-state index contributed by atoms with van der Waals surface area (Å²) in [6.07, 6.45) is 4.18. The number of hydrogen-bond donors (Lipinski definition) is 1. The third-order valence-electron chi connectivity index (χ3n) is 2.67. The first-order chi connectivity index (χ1) is 7.16. The number of rotatable bonds is 2. The molecule has 0 spiro atoms. The summed E-state index contributed by atoms with van der Waals surface area (Å²) < 4.78 is 0. The van der Waals surface area contributed by atoms with E-state index >= 15 is 0 Å². The van der Waals surface area contributed by atoms with E-state index in [9.17, 15) is 4.79 Å². The molecular formula is C10H13N3O2. The van der Waals surface area contributed by atoms with Crippen LogP contribution in [0.15, 0.2) is 12.4 Å². The van der Waals surface area contributed by atoms with Crippen molar-refractivity contribution >= 4 is 11.7 Å². The zero-order valence-electron chi connectivity index (χ0n) is 8.55. The Labute approximate surface area is 87.8 Å². The number of carbonyl (C=O) groups is 1. The molecule has 2 heterocycles. The molecule has 80 valence electrons. The van der Waals surface area contributed by atoms with Gasteiger partial charge in [0.2, 0.25) is 0 Å². The average Bonchev–Trinajstić information content (AvgIpc) is 2.68. The fraction of sp³-hybridized carbons (Fsp3) is 0.500. The summed E-state index contributed by atoms with van der Waals surface area (Å²) in [5, 5.41) is 8.86. The summed E-state index contributed by atoms with van der Waals surface area (Å²) in [5.74, 6) is -0.246. The van der Waals surface area contributed by atoms with Gasteiger partial charge < -0.3 is 10.0 Å². The van der Waals surface area contributed by atoms with Gasteiger partial charge in [-0.15, -0.1) is 0 Å². The molecule has 1 aliphatic heterocycles. The highest BCUT2D eigenvalue weighted by atomic mass is 16.4. The Bertz CT molecular complexity index is 363. The number of nitrogens with zero attached hydrogens (tertiary/aromatic N) is 3. The van der Waals surface area contributed by atoms with Gasteiger partial charge in [0.1, 0.15) is 5.82 Å². The van der Waals surface area contributed by atoms with Gasteiger partial charge in [-0.2, -0.15) is 0 Å². The third kappa shape index (κ3) is 2.06. The zero-order valence-corrected chi connectivity index (χ0v) is 8.55. The fourth-order valence-corrected chi connectivity index (χ4v) is 1.75. The number of carboxylic acid groups (broad SMARTS) is 1. The van der Waals surface area contributed by atoms with Crippen molar-refractivity contribution in [2.45, 2.75) is 13.3 Å². The molecule has 15 heavy (non-hydrogen) atoms. The molecule has 0 bridgehead atoms. The van der Waals surface area contributed by atoms with Crippen molar-refractivity contribution in [3.63, 3.8) is 0 Å². The Balaban J connectivity index is 2.07. The maximum absolute atomic E-state index is 10.8. The molecule has 1 unspecified atom stereocenters. The molecule has 0 aromatic carbocycles. The molecular weight excluding hydrogens is 194 g/mol. The Kier molecular flexibility index (Phi) is 2.53. The number of aryl methyl sites for hydroxylation is 1. The minimum atomic E-state index is -0.717. The van der Waals surface area contributed by atoms with E-state index in [0.29, 0.717) is 13.0 Å². The van der Waals surface area contributed by atoms with Gasteiger partial charge in [0.25, 0.3) is 0 Å². The standard InChI is InChI=1S/C10H13N3O2/c1-7-11-4-9(5-12-7)13-3-2-8(6-13)10(14)15/h4-5,8H,2-3,6H2,1H3,(H,14,15). The highest BCUT2D eigenvalue weighted by molar-refractivity contribution is 5.72. The first-order valence-electron chi connectivity index (χ1n) is 4.93. The van der Waals surface area contributed by atoms with Gasteiger partial charge in [-0.05, 0) is 13.3 Å². The van der Waals surface area contributed by atoms with Crippen LogP contribution in [-0.4, -0.2) is 34.1 Å². The van der Waals surface area contributed by atoms with Gasteiger partial charge in [0.05, 0.1) is 24.0 Å². The van der Waals surface area contributed by atoms with Crippen molar-refractivity contribution in [3.8, 4) is 0 Å². The summed E-state index contributed by atoms with van der Waals surface area (Å²) >= 11 is 0. The first kappa shape index (κ1) is 9.89. The summed E-state index contributed by atoms with van der Waals surface area (Å²) in [4.78, 5) is 21.0. The van der Waals surface area contributed by atoms with Crippen LogP contribution >= 0.6 is 0 Å². The average molecular weight is 207 g/mol. The Morgan fingerprint density at radius 3 is 2.73 bits per heavy atom. The molecule has 0 saturated carbocycles. The van der Waals surface area contributed by atoms with Crippen LogP contribution in [0.3, 0.4) is 0 Å². The SMILES string of the molecule is Cc1ncc(N2CCC(C(=O)O)C2)cn1. The van der Waals surface area contributed by atoms with Crippen molar-refractivity contribution < 1.29 is 9.90 Å². The molecule has 0 amide bonds. The summed E-state index contributed by atoms with van der Waals surface area (Å²) in [5.41, 5.74) is 0.907. The minimum absolute atomic E-state index is 0.258. The van der Waals surface area contributed by atoms with Crippen LogP contribution < -0.4 is 4.90 Å². The van der Waals surface area contributed by atoms with Gasteiger partial charge in [-0.1, -0.05) is 0 Å². The fourth-order valence-electron chi connectivity index (χ4n) is 1.75. The van der Waals surface area contributed by atoms with E-state index in [-0.39, 0.29) is 5.92 Å². The van der Waals surface area contributed by atoms with Crippen molar-refractivity contribution in [3.05, 3.63) is 18.2 Å². The van der Waals surface area contributed by atoms with Crippen molar-refractivity contribution in [2.24, 2.45) is 5.92 Å². The van der Waals surface area contributed by atoms with Crippen LogP contribution in [0.1, 0.15) is 12.2 Å². The summed E-state index contributed by atoms with van der Waals surface area (Å²) in [6.45, 7) is 3.15. The van der Waals surface area contributed by atoms with Crippen molar-refractivity contribution in [1.29, 1.82) is 0 Å². The lowest BCUT2D eigenvalue weighted by Crippen LogP contribution is -2.22. The maximum Gasteiger partial charge on any atom is 0.308 e. The van der Waals surface area contributed by atoms with Gasteiger partial charge in [-0.3, -0.25) is 4.79 Å². The van der Waals surface area contributed by atoms with E-state index in [1.165, 1.54) is 0 Å². The lowest BCUT2D eigenvalue weighted by Gasteiger charge is -2.16. The maximum atomic E-state index is 10.8. The van der Waals surface area contributed by atoms with Crippen LogP contribution in [0.2, 0.25) is 0 Å². The second kappa shape index (κ2) is 3.84. The summed E-state index contributed by atoms with van der Waals surface area (Å²) in [6, 6.07) is 0. The predicted octanol–water partition coefficient (Wildman–Crippen LogP) is 0.696. The lowest BCUT2D eigenvalue weighted by molar-refractivity contribution is -0.140. The normalized spacial score (nSPS) is 20.6. The monoisotopic (exact) mass is 207 g/mol. The highest BCUT2D eigenvalue weighted by Gasteiger charge is 2.28. The number of anilines is 1. The van der Waals surface area contributed by atoms with E-state index < -0.39 is 5.97 Å². The third-order valence-corrected chi connectivity index (χ3v) is 2.67. The van der Waals surface area contributed by atoms with Gasteiger partial charge in [0, 0.05) is 13.1 Å². The second-order valence-electron chi connectivity index (χ2n) is 3.76. The molecule has 1 aromatic heterocycles. The van der Waals surface area contributed by atoms with Crippen LogP contribution in [0.5, 0.6) is 0 Å². The van der Waals surface area contributed by atoms with Crippen molar-refractivity contribution in [2.75, 3.05) is 18.0 Å². The topological polar surface area (TPSA) is 66.3 Å². The van der Waals surface area contributed by atoms with E-state index in [4.69, 9.17) is 5.11 Å². The van der Waals surface area contributed by atoms with Gasteiger partial charge in [-0.25, -0.2) is 9.97 Å². The van der Waals surface area contributed by atoms with E-state index in [1.807, 2.05) is 11.8 Å². The number of aromatic nitrogens is 2.